The van der Waals surface area contributed by atoms with Crippen LogP contribution < -0.4 is 10.1 Å². The molecule has 2 aromatic rings. The molecule has 2 aromatic carbocycles. The van der Waals surface area contributed by atoms with Crippen LogP contribution in [-0.4, -0.2) is 13.0 Å². The van der Waals surface area contributed by atoms with Gasteiger partial charge in [-0.15, -0.1) is 0 Å². The summed E-state index contributed by atoms with van der Waals surface area (Å²) in [7, 11) is 1.39. The van der Waals surface area contributed by atoms with Gasteiger partial charge in [-0.2, -0.15) is 0 Å². The molecular formula is C18H20FNO2. The fourth-order valence-electron chi connectivity index (χ4n) is 2.21. The third-order valence-electron chi connectivity index (χ3n) is 3.65. The van der Waals surface area contributed by atoms with Crippen molar-refractivity contribution < 1.29 is 13.9 Å². The largest absolute Gasteiger partial charge is 0.494 e. The number of carbonyl (C=O) groups is 1. The molecule has 0 saturated carbocycles. The lowest BCUT2D eigenvalue weighted by Crippen LogP contribution is -2.26. The second-order valence-electron chi connectivity index (χ2n) is 5.14. The van der Waals surface area contributed by atoms with E-state index in [4.69, 9.17) is 4.74 Å². The van der Waals surface area contributed by atoms with E-state index in [0.717, 1.165) is 12.0 Å². The zero-order chi connectivity index (χ0) is 16.1. The van der Waals surface area contributed by atoms with Crippen LogP contribution in [0, 0.1) is 5.82 Å². The van der Waals surface area contributed by atoms with Crippen LogP contribution in [0.25, 0.3) is 0 Å². The van der Waals surface area contributed by atoms with E-state index in [1.54, 1.807) is 6.07 Å². The summed E-state index contributed by atoms with van der Waals surface area (Å²) >= 11 is 0. The van der Waals surface area contributed by atoms with E-state index in [-0.39, 0.29) is 23.3 Å². The molecule has 1 unspecified atom stereocenters. The first kappa shape index (κ1) is 16.0. The molecule has 0 aliphatic carbocycles. The molecule has 3 nitrogen and oxygen atoms in total. The lowest BCUT2D eigenvalue weighted by molar-refractivity contribution is 0.0939. The average Bonchev–Trinajstić information content (AvgIpc) is 2.54. The van der Waals surface area contributed by atoms with Crippen LogP contribution in [0.15, 0.2) is 42.5 Å². The van der Waals surface area contributed by atoms with Crippen molar-refractivity contribution in [2.24, 2.45) is 0 Å². The first-order valence-electron chi connectivity index (χ1n) is 7.28. The molecule has 1 atom stereocenters. The minimum Gasteiger partial charge on any atom is -0.494 e. The van der Waals surface area contributed by atoms with E-state index < -0.39 is 5.82 Å². The van der Waals surface area contributed by atoms with Crippen LogP contribution >= 0.6 is 0 Å². The quantitative estimate of drug-likeness (QED) is 0.910. The highest BCUT2D eigenvalue weighted by Gasteiger charge is 2.13. The molecule has 4 heteroatoms. The number of amides is 1. The van der Waals surface area contributed by atoms with Gasteiger partial charge in [-0.25, -0.2) is 4.39 Å². The van der Waals surface area contributed by atoms with Crippen molar-refractivity contribution >= 4 is 5.91 Å². The van der Waals surface area contributed by atoms with Crippen molar-refractivity contribution in [3.05, 3.63) is 65.0 Å². The third kappa shape index (κ3) is 3.64. The van der Waals surface area contributed by atoms with Gasteiger partial charge in [-0.05, 0) is 42.7 Å². The maximum atomic E-state index is 13.6. The number of benzene rings is 2. The molecular weight excluding hydrogens is 281 g/mol. The molecule has 1 N–H and O–H groups in total. The molecule has 0 aliphatic heterocycles. The van der Waals surface area contributed by atoms with E-state index in [0.29, 0.717) is 0 Å². The number of rotatable bonds is 5. The number of nitrogens with one attached hydrogen (secondary N) is 1. The Balaban J connectivity index is 2.08. The maximum Gasteiger partial charge on any atom is 0.251 e. The lowest BCUT2D eigenvalue weighted by atomic mass is 10.0. The van der Waals surface area contributed by atoms with Gasteiger partial charge in [0.25, 0.3) is 5.91 Å². The summed E-state index contributed by atoms with van der Waals surface area (Å²) in [6, 6.07) is 12.1. The van der Waals surface area contributed by atoms with Crippen molar-refractivity contribution in [3.8, 4) is 5.75 Å². The van der Waals surface area contributed by atoms with Crippen molar-refractivity contribution in [3.63, 3.8) is 0 Å². The zero-order valence-corrected chi connectivity index (χ0v) is 13.0. The Hall–Kier alpha value is -2.36. The van der Waals surface area contributed by atoms with Gasteiger partial charge in [0, 0.05) is 5.56 Å². The van der Waals surface area contributed by atoms with Crippen LogP contribution in [0.3, 0.4) is 0 Å². The van der Waals surface area contributed by atoms with Gasteiger partial charge in [0.15, 0.2) is 11.6 Å². The topological polar surface area (TPSA) is 38.3 Å². The first-order chi connectivity index (χ1) is 10.5. The number of hydrogen-bond donors (Lipinski definition) is 1. The minimum atomic E-state index is -0.546. The fraction of sp³-hybridized carbons (Fsp3) is 0.278. The molecule has 116 valence electrons. The Bertz CT molecular complexity index is 653. The molecule has 0 heterocycles. The Morgan fingerprint density at radius 2 is 1.91 bits per heavy atom. The third-order valence-corrected chi connectivity index (χ3v) is 3.65. The molecule has 22 heavy (non-hydrogen) atoms. The Kier molecular flexibility index (Phi) is 5.15. The minimum absolute atomic E-state index is 0.125. The highest BCUT2D eigenvalue weighted by molar-refractivity contribution is 5.94. The fourth-order valence-corrected chi connectivity index (χ4v) is 2.21. The second-order valence-corrected chi connectivity index (χ2v) is 5.14. The van der Waals surface area contributed by atoms with E-state index in [9.17, 15) is 9.18 Å². The van der Waals surface area contributed by atoms with Crippen LogP contribution in [0.4, 0.5) is 4.39 Å². The molecule has 0 spiro atoms. The molecule has 0 radical (unpaired) electrons. The molecule has 0 aliphatic rings. The van der Waals surface area contributed by atoms with E-state index in [2.05, 4.69) is 12.2 Å². The summed E-state index contributed by atoms with van der Waals surface area (Å²) in [6.07, 6.45) is 0.978. The second kappa shape index (κ2) is 7.07. The van der Waals surface area contributed by atoms with Crippen LogP contribution in [-0.2, 0) is 6.42 Å². The maximum absolute atomic E-state index is 13.6. The summed E-state index contributed by atoms with van der Waals surface area (Å²) in [6.45, 7) is 4.00. The lowest BCUT2D eigenvalue weighted by Gasteiger charge is -2.15. The van der Waals surface area contributed by atoms with Gasteiger partial charge in [-0.3, -0.25) is 4.79 Å². The Labute approximate surface area is 130 Å². The van der Waals surface area contributed by atoms with Crippen LogP contribution in [0.5, 0.6) is 5.75 Å². The molecule has 0 fully saturated rings. The highest BCUT2D eigenvalue weighted by Crippen LogP contribution is 2.19. The van der Waals surface area contributed by atoms with Gasteiger partial charge < -0.3 is 10.1 Å². The summed E-state index contributed by atoms with van der Waals surface area (Å²) in [5, 5.41) is 2.87. The standard InChI is InChI=1S/C18H20FNO2/c1-4-13-5-7-14(8-6-13)12(2)20-18(21)15-9-10-17(22-3)16(19)11-15/h5-12H,4H2,1-3H3,(H,20,21). The monoisotopic (exact) mass is 301 g/mol. The van der Waals surface area contributed by atoms with Gasteiger partial charge in [-0.1, -0.05) is 31.2 Å². The summed E-state index contributed by atoms with van der Waals surface area (Å²) in [5.41, 5.74) is 2.54. The highest BCUT2D eigenvalue weighted by atomic mass is 19.1. The van der Waals surface area contributed by atoms with Crippen molar-refractivity contribution in [2.75, 3.05) is 7.11 Å². The van der Waals surface area contributed by atoms with Crippen molar-refractivity contribution in [1.82, 2.24) is 5.32 Å². The van der Waals surface area contributed by atoms with Crippen molar-refractivity contribution in [2.45, 2.75) is 26.3 Å². The summed E-state index contributed by atoms with van der Waals surface area (Å²) in [4.78, 5) is 12.2. The van der Waals surface area contributed by atoms with Crippen molar-refractivity contribution in [1.29, 1.82) is 0 Å². The van der Waals surface area contributed by atoms with Crippen LogP contribution in [0.1, 0.15) is 41.4 Å². The van der Waals surface area contributed by atoms with E-state index >= 15 is 0 Å². The zero-order valence-electron chi connectivity index (χ0n) is 13.0. The number of aryl methyl sites for hydroxylation is 1. The summed E-state index contributed by atoms with van der Waals surface area (Å²) in [5.74, 6) is -0.733. The molecule has 0 bridgehead atoms. The Morgan fingerprint density at radius 3 is 2.45 bits per heavy atom. The Morgan fingerprint density at radius 1 is 1.23 bits per heavy atom. The average molecular weight is 301 g/mol. The van der Waals surface area contributed by atoms with E-state index in [1.807, 2.05) is 31.2 Å². The SMILES string of the molecule is CCc1ccc(C(C)NC(=O)c2ccc(OC)c(F)c2)cc1. The number of ether oxygens (including phenoxy) is 1. The molecule has 0 aromatic heterocycles. The molecule has 0 saturated heterocycles. The normalized spacial score (nSPS) is 11.8. The van der Waals surface area contributed by atoms with Gasteiger partial charge in [0.2, 0.25) is 0 Å². The van der Waals surface area contributed by atoms with Gasteiger partial charge in [0.1, 0.15) is 0 Å². The predicted octanol–water partition coefficient (Wildman–Crippen LogP) is 3.89. The van der Waals surface area contributed by atoms with Gasteiger partial charge >= 0.3 is 0 Å². The number of carbonyl (C=O) groups excluding carboxylic acids is 1. The molecule has 2 rings (SSSR count). The number of methoxy groups -OCH3 is 1. The number of halogens is 1. The smallest absolute Gasteiger partial charge is 0.251 e. The van der Waals surface area contributed by atoms with Crippen LogP contribution in [0.2, 0.25) is 0 Å². The van der Waals surface area contributed by atoms with E-state index in [1.165, 1.54) is 24.8 Å². The molecule has 1 amide bonds. The first-order valence-corrected chi connectivity index (χ1v) is 7.28. The summed E-state index contributed by atoms with van der Waals surface area (Å²) < 4.78 is 18.5. The predicted molar refractivity (Wildman–Crippen MR) is 84.7 cm³/mol. The number of hydrogen-bond acceptors (Lipinski definition) is 2. The van der Waals surface area contributed by atoms with Gasteiger partial charge in [0.05, 0.1) is 13.2 Å².